The van der Waals surface area contributed by atoms with E-state index in [0.717, 1.165) is 32.5 Å². The maximum absolute atomic E-state index is 9.12. The number of rotatable bonds is 4. The van der Waals surface area contributed by atoms with Gasteiger partial charge < -0.3 is 9.67 Å². The zero-order chi connectivity index (χ0) is 12.3. The molecule has 0 atom stereocenters. The Morgan fingerprint density at radius 1 is 1.41 bits per heavy atom. The lowest BCUT2D eigenvalue weighted by Crippen LogP contribution is -2.34. The van der Waals surface area contributed by atoms with E-state index in [1.54, 1.807) is 0 Å². The highest BCUT2D eigenvalue weighted by Crippen LogP contribution is 2.19. The topological polar surface area (TPSA) is 41.3 Å². The first-order chi connectivity index (χ1) is 8.20. The van der Waals surface area contributed by atoms with Crippen molar-refractivity contribution in [1.82, 2.24) is 14.5 Å². The molecule has 0 saturated carbocycles. The Kier molecular flexibility index (Phi) is 4.18. The van der Waals surface area contributed by atoms with Crippen molar-refractivity contribution in [3.05, 3.63) is 18.2 Å². The van der Waals surface area contributed by atoms with Crippen LogP contribution in [0.2, 0.25) is 0 Å². The van der Waals surface area contributed by atoms with E-state index in [2.05, 4.69) is 28.3 Å². The highest BCUT2D eigenvalue weighted by atomic mass is 16.3. The molecule has 1 aromatic heterocycles. The zero-order valence-electron chi connectivity index (χ0n) is 10.8. The summed E-state index contributed by atoms with van der Waals surface area (Å²) >= 11 is 0. The van der Waals surface area contributed by atoms with Gasteiger partial charge in [0.1, 0.15) is 0 Å². The molecule has 0 radical (unpaired) electrons. The predicted octanol–water partition coefficient (Wildman–Crippen LogP) is 1.67. The van der Waals surface area contributed by atoms with Crippen LogP contribution in [0.3, 0.4) is 0 Å². The fraction of sp³-hybridized carbons (Fsp3) is 0.769. The minimum absolute atomic E-state index is 0.345. The first-order valence-corrected chi connectivity index (χ1v) is 6.54. The molecule has 1 saturated heterocycles. The minimum Gasteiger partial charge on any atom is -0.396 e. The van der Waals surface area contributed by atoms with Gasteiger partial charge in [0.2, 0.25) is 0 Å². The van der Waals surface area contributed by atoms with Crippen LogP contribution in [0.25, 0.3) is 0 Å². The van der Waals surface area contributed by atoms with Crippen molar-refractivity contribution in [3.63, 3.8) is 0 Å². The summed E-state index contributed by atoms with van der Waals surface area (Å²) in [6.45, 7) is 7.88. The summed E-state index contributed by atoms with van der Waals surface area (Å²) in [5.74, 6) is 0.515. The van der Waals surface area contributed by atoms with E-state index in [9.17, 15) is 0 Å². The Morgan fingerprint density at radius 2 is 2.12 bits per heavy atom. The van der Waals surface area contributed by atoms with Crippen LogP contribution in [-0.4, -0.2) is 39.3 Å². The van der Waals surface area contributed by atoms with Gasteiger partial charge >= 0.3 is 0 Å². The van der Waals surface area contributed by atoms with Gasteiger partial charge in [0.05, 0.1) is 12.0 Å². The number of imidazole rings is 1. The molecule has 1 fully saturated rings. The number of hydrogen-bond donors (Lipinski definition) is 1. The second kappa shape index (κ2) is 5.65. The molecule has 0 amide bonds. The van der Waals surface area contributed by atoms with Gasteiger partial charge in [0.15, 0.2) is 0 Å². The van der Waals surface area contributed by atoms with Gasteiger partial charge in [-0.2, -0.15) is 0 Å². The van der Waals surface area contributed by atoms with E-state index >= 15 is 0 Å². The van der Waals surface area contributed by atoms with E-state index < -0.39 is 0 Å². The Labute approximate surface area is 103 Å². The Hall–Kier alpha value is -0.870. The number of hydrogen-bond acceptors (Lipinski definition) is 3. The lowest BCUT2D eigenvalue weighted by atomic mass is 9.98. The van der Waals surface area contributed by atoms with Gasteiger partial charge in [-0.3, -0.25) is 4.90 Å². The molecule has 17 heavy (non-hydrogen) atoms. The van der Waals surface area contributed by atoms with Crippen LogP contribution >= 0.6 is 0 Å². The maximum atomic E-state index is 9.12. The number of nitrogens with zero attached hydrogens (tertiary/aromatic N) is 3. The minimum atomic E-state index is 0.345. The number of likely N-dealkylation sites (tertiary alicyclic amines) is 1. The molecule has 96 valence electrons. The van der Waals surface area contributed by atoms with Gasteiger partial charge in [-0.15, -0.1) is 0 Å². The Morgan fingerprint density at radius 3 is 2.71 bits per heavy atom. The number of aliphatic hydroxyl groups excluding tert-OH is 1. The molecule has 4 nitrogen and oxygen atoms in total. The van der Waals surface area contributed by atoms with E-state index in [-0.39, 0.29) is 0 Å². The summed E-state index contributed by atoms with van der Waals surface area (Å²) in [4.78, 5) is 6.70. The van der Waals surface area contributed by atoms with Crippen LogP contribution in [-0.2, 0) is 6.54 Å². The zero-order valence-corrected chi connectivity index (χ0v) is 10.8. The summed E-state index contributed by atoms with van der Waals surface area (Å²) in [5, 5.41) is 9.12. The van der Waals surface area contributed by atoms with Crippen molar-refractivity contribution < 1.29 is 5.11 Å². The van der Waals surface area contributed by atoms with Crippen molar-refractivity contribution >= 4 is 0 Å². The van der Waals surface area contributed by atoms with Gasteiger partial charge in [0.25, 0.3) is 0 Å². The van der Waals surface area contributed by atoms with Gasteiger partial charge in [-0.25, -0.2) is 4.98 Å². The first kappa shape index (κ1) is 12.6. The third-order valence-electron chi connectivity index (χ3n) is 3.65. The summed E-state index contributed by atoms with van der Waals surface area (Å²) < 4.78 is 2.23. The van der Waals surface area contributed by atoms with Crippen LogP contribution in [0.1, 0.15) is 38.4 Å². The van der Waals surface area contributed by atoms with E-state index in [1.165, 1.54) is 5.69 Å². The van der Waals surface area contributed by atoms with Gasteiger partial charge in [-0.05, 0) is 45.7 Å². The van der Waals surface area contributed by atoms with E-state index in [1.807, 2.05) is 12.5 Å². The van der Waals surface area contributed by atoms with Gasteiger partial charge in [-0.1, -0.05) is 0 Å². The summed E-state index contributed by atoms with van der Waals surface area (Å²) in [6, 6.07) is 0.475. The van der Waals surface area contributed by atoms with E-state index in [0.29, 0.717) is 18.6 Å². The third kappa shape index (κ3) is 3.07. The summed E-state index contributed by atoms with van der Waals surface area (Å²) in [6.07, 6.45) is 6.12. The maximum Gasteiger partial charge on any atom is 0.0951 e. The van der Waals surface area contributed by atoms with Crippen LogP contribution in [0.15, 0.2) is 12.5 Å². The molecule has 2 heterocycles. The molecule has 0 unspecified atom stereocenters. The molecule has 4 heteroatoms. The largest absolute Gasteiger partial charge is 0.396 e. The number of aliphatic hydroxyl groups is 1. The van der Waals surface area contributed by atoms with Crippen LogP contribution in [0, 0.1) is 5.92 Å². The van der Waals surface area contributed by atoms with Crippen molar-refractivity contribution in [3.8, 4) is 0 Å². The Bertz CT molecular complexity index is 340. The van der Waals surface area contributed by atoms with Crippen molar-refractivity contribution in [2.75, 3.05) is 19.7 Å². The molecule has 0 aliphatic carbocycles. The molecule has 2 rings (SSSR count). The molecule has 0 bridgehead atoms. The average Bonchev–Trinajstić information content (AvgIpc) is 2.78. The predicted molar refractivity (Wildman–Crippen MR) is 67.7 cm³/mol. The molecule has 1 aliphatic heterocycles. The molecular weight excluding hydrogens is 214 g/mol. The van der Waals surface area contributed by atoms with E-state index in [4.69, 9.17) is 5.11 Å². The molecule has 1 aromatic rings. The molecule has 1 aliphatic rings. The standard InChI is InChI=1S/C13H23N3O/c1-11(2)16-10-14-7-13(16)8-15-5-3-12(9-17)4-6-15/h7,10-12,17H,3-6,8-9H2,1-2H3. The number of aromatic nitrogens is 2. The fourth-order valence-electron chi connectivity index (χ4n) is 2.48. The molecule has 0 aromatic carbocycles. The normalized spacial score (nSPS) is 19.1. The highest BCUT2D eigenvalue weighted by molar-refractivity contribution is 5.00. The quantitative estimate of drug-likeness (QED) is 0.866. The van der Waals surface area contributed by atoms with Crippen molar-refractivity contribution in [1.29, 1.82) is 0 Å². The second-order valence-electron chi connectivity index (χ2n) is 5.29. The summed E-state index contributed by atoms with van der Waals surface area (Å²) in [7, 11) is 0. The monoisotopic (exact) mass is 237 g/mol. The number of piperidine rings is 1. The van der Waals surface area contributed by atoms with Crippen LogP contribution in [0.4, 0.5) is 0 Å². The molecular formula is C13H23N3O. The lowest BCUT2D eigenvalue weighted by molar-refractivity contribution is 0.125. The first-order valence-electron chi connectivity index (χ1n) is 6.54. The van der Waals surface area contributed by atoms with Crippen molar-refractivity contribution in [2.24, 2.45) is 5.92 Å². The van der Waals surface area contributed by atoms with Crippen LogP contribution in [0.5, 0.6) is 0 Å². The Balaban J connectivity index is 1.91. The smallest absolute Gasteiger partial charge is 0.0951 e. The average molecular weight is 237 g/mol. The third-order valence-corrected chi connectivity index (χ3v) is 3.65. The van der Waals surface area contributed by atoms with Crippen molar-refractivity contribution in [2.45, 2.75) is 39.3 Å². The molecule has 0 spiro atoms. The summed E-state index contributed by atoms with van der Waals surface area (Å²) in [5.41, 5.74) is 1.29. The lowest BCUT2D eigenvalue weighted by Gasteiger charge is -2.31. The van der Waals surface area contributed by atoms with Gasteiger partial charge in [0, 0.05) is 25.4 Å². The second-order valence-corrected chi connectivity index (χ2v) is 5.29. The molecule has 1 N–H and O–H groups in total. The highest BCUT2D eigenvalue weighted by Gasteiger charge is 2.19. The SMILES string of the molecule is CC(C)n1cncc1CN1CCC(CO)CC1. The van der Waals surface area contributed by atoms with Crippen LogP contribution < -0.4 is 0 Å². The fourth-order valence-corrected chi connectivity index (χ4v) is 2.48.